The van der Waals surface area contributed by atoms with Crippen LogP contribution >= 0.6 is 15.9 Å². The lowest BCUT2D eigenvalue weighted by Crippen LogP contribution is -2.01. The van der Waals surface area contributed by atoms with Crippen LogP contribution in [0.4, 0.5) is 4.39 Å². The molecule has 78 valence electrons. The van der Waals surface area contributed by atoms with Crippen LogP contribution in [0, 0.1) is 11.7 Å². The first-order valence-corrected chi connectivity index (χ1v) is 5.84. The van der Waals surface area contributed by atoms with Gasteiger partial charge < -0.3 is 0 Å². The van der Waals surface area contributed by atoms with E-state index in [0.717, 1.165) is 22.5 Å². The standard InChI is InChI=1S/C11H10BrFN2/c12-8-3-10(13)9-5-14-15(11(9)4-8)6-7-1-2-7/h3-5,7H,1-2,6H2. The Balaban J connectivity index is 2.14. The highest BCUT2D eigenvalue weighted by Crippen LogP contribution is 2.32. The van der Waals surface area contributed by atoms with Gasteiger partial charge in [0.25, 0.3) is 0 Å². The van der Waals surface area contributed by atoms with Gasteiger partial charge in [0.15, 0.2) is 0 Å². The molecule has 0 N–H and O–H groups in total. The second kappa shape index (κ2) is 3.30. The Bertz CT molecular complexity index is 517. The molecule has 1 aliphatic rings. The maximum Gasteiger partial charge on any atom is 0.135 e. The summed E-state index contributed by atoms with van der Waals surface area (Å²) in [5.41, 5.74) is 0.883. The van der Waals surface area contributed by atoms with Gasteiger partial charge in [0.1, 0.15) is 5.82 Å². The molecule has 15 heavy (non-hydrogen) atoms. The van der Waals surface area contributed by atoms with Crippen molar-refractivity contribution in [3.05, 3.63) is 28.6 Å². The number of aromatic nitrogens is 2. The van der Waals surface area contributed by atoms with Crippen molar-refractivity contribution < 1.29 is 4.39 Å². The lowest BCUT2D eigenvalue weighted by Gasteiger charge is -2.02. The topological polar surface area (TPSA) is 17.8 Å². The molecule has 1 aromatic heterocycles. The molecule has 1 fully saturated rings. The summed E-state index contributed by atoms with van der Waals surface area (Å²) in [5, 5.41) is 4.84. The minimum atomic E-state index is -0.207. The Labute approximate surface area is 95.2 Å². The van der Waals surface area contributed by atoms with E-state index in [9.17, 15) is 4.39 Å². The first kappa shape index (κ1) is 9.33. The van der Waals surface area contributed by atoms with Crippen molar-refractivity contribution >= 4 is 26.8 Å². The molecule has 1 heterocycles. The van der Waals surface area contributed by atoms with E-state index in [4.69, 9.17) is 0 Å². The molecule has 0 aliphatic heterocycles. The average Bonchev–Trinajstić information content (AvgIpc) is 2.89. The van der Waals surface area contributed by atoms with Crippen LogP contribution in [0.3, 0.4) is 0 Å². The van der Waals surface area contributed by atoms with E-state index in [1.165, 1.54) is 18.9 Å². The molecule has 1 aliphatic carbocycles. The third kappa shape index (κ3) is 1.67. The molecule has 0 spiro atoms. The molecule has 0 radical (unpaired) electrons. The number of halogens is 2. The molecular formula is C11H10BrFN2. The van der Waals surface area contributed by atoms with Crippen LogP contribution in [-0.2, 0) is 6.54 Å². The summed E-state index contributed by atoms with van der Waals surface area (Å²) >= 11 is 3.30. The molecule has 1 aromatic carbocycles. The number of hydrogen-bond acceptors (Lipinski definition) is 1. The average molecular weight is 269 g/mol. The quantitative estimate of drug-likeness (QED) is 0.817. The fourth-order valence-corrected chi connectivity index (χ4v) is 2.21. The second-order valence-electron chi connectivity index (χ2n) is 4.09. The van der Waals surface area contributed by atoms with Gasteiger partial charge in [-0.2, -0.15) is 5.10 Å². The largest absolute Gasteiger partial charge is 0.264 e. The van der Waals surface area contributed by atoms with Gasteiger partial charge in [-0.3, -0.25) is 4.68 Å². The van der Waals surface area contributed by atoms with Crippen molar-refractivity contribution in [3.63, 3.8) is 0 Å². The van der Waals surface area contributed by atoms with Crippen LogP contribution in [-0.4, -0.2) is 9.78 Å². The molecule has 0 bridgehead atoms. The molecular weight excluding hydrogens is 259 g/mol. The number of hydrogen-bond donors (Lipinski definition) is 0. The predicted molar refractivity (Wildman–Crippen MR) is 60.1 cm³/mol. The third-order valence-corrected chi connectivity index (χ3v) is 3.26. The fourth-order valence-electron chi connectivity index (χ4n) is 1.79. The first-order valence-electron chi connectivity index (χ1n) is 5.04. The highest BCUT2D eigenvalue weighted by atomic mass is 79.9. The zero-order valence-electron chi connectivity index (χ0n) is 8.08. The number of rotatable bonds is 2. The summed E-state index contributed by atoms with van der Waals surface area (Å²) in [6.07, 6.45) is 4.16. The van der Waals surface area contributed by atoms with Gasteiger partial charge in [-0.05, 0) is 30.9 Å². The lowest BCUT2D eigenvalue weighted by molar-refractivity contribution is 0.580. The van der Waals surface area contributed by atoms with Crippen LogP contribution in [0.15, 0.2) is 22.8 Å². The van der Waals surface area contributed by atoms with Crippen molar-refractivity contribution in [2.75, 3.05) is 0 Å². The molecule has 0 unspecified atom stereocenters. The summed E-state index contributed by atoms with van der Waals surface area (Å²) in [7, 11) is 0. The number of nitrogens with zero attached hydrogens (tertiary/aromatic N) is 2. The lowest BCUT2D eigenvalue weighted by atomic mass is 10.2. The molecule has 4 heteroatoms. The Morgan fingerprint density at radius 2 is 2.27 bits per heavy atom. The summed E-state index contributed by atoms with van der Waals surface area (Å²) in [6.45, 7) is 0.916. The van der Waals surface area contributed by atoms with Crippen molar-refractivity contribution in [2.45, 2.75) is 19.4 Å². The Kier molecular flexibility index (Phi) is 2.06. The van der Waals surface area contributed by atoms with Gasteiger partial charge in [-0.15, -0.1) is 0 Å². The van der Waals surface area contributed by atoms with Crippen LogP contribution < -0.4 is 0 Å². The highest BCUT2D eigenvalue weighted by Gasteiger charge is 2.23. The van der Waals surface area contributed by atoms with Crippen molar-refractivity contribution in [3.8, 4) is 0 Å². The van der Waals surface area contributed by atoms with E-state index in [1.807, 2.05) is 10.7 Å². The maximum atomic E-state index is 13.5. The molecule has 1 saturated carbocycles. The van der Waals surface area contributed by atoms with Crippen molar-refractivity contribution in [1.29, 1.82) is 0 Å². The SMILES string of the molecule is Fc1cc(Br)cc2c1cnn2CC1CC1. The fraction of sp³-hybridized carbons (Fsp3) is 0.364. The van der Waals surface area contributed by atoms with Crippen molar-refractivity contribution in [1.82, 2.24) is 9.78 Å². The number of fused-ring (bicyclic) bond motifs is 1. The monoisotopic (exact) mass is 268 g/mol. The zero-order chi connectivity index (χ0) is 10.4. The van der Waals surface area contributed by atoms with E-state index in [1.54, 1.807) is 6.20 Å². The smallest absolute Gasteiger partial charge is 0.135 e. The zero-order valence-corrected chi connectivity index (χ0v) is 9.67. The normalized spacial score (nSPS) is 16.1. The van der Waals surface area contributed by atoms with Crippen LogP contribution in [0.5, 0.6) is 0 Å². The Morgan fingerprint density at radius 3 is 3.00 bits per heavy atom. The van der Waals surface area contributed by atoms with Crippen LogP contribution in [0.2, 0.25) is 0 Å². The van der Waals surface area contributed by atoms with E-state index in [2.05, 4.69) is 21.0 Å². The van der Waals surface area contributed by atoms with Crippen LogP contribution in [0.1, 0.15) is 12.8 Å². The van der Waals surface area contributed by atoms with Gasteiger partial charge in [-0.1, -0.05) is 15.9 Å². The minimum Gasteiger partial charge on any atom is -0.264 e. The van der Waals surface area contributed by atoms with Gasteiger partial charge in [0, 0.05) is 11.0 Å². The summed E-state index contributed by atoms with van der Waals surface area (Å²) in [5.74, 6) is 0.538. The summed E-state index contributed by atoms with van der Waals surface area (Å²) < 4.78 is 16.2. The van der Waals surface area contributed by atoms with Gasteiger partial charge in [-0.25, -0.2) is 4.39 Å². The molecule has 0 saturated heterocycles. The molecule has 0 amide bonds. The molecule has 2 aromatic rings. The third-order valence-electron chi connectivity index (χ3n) is 2.80. The van der Waals surface area contributed by atoms with E-state index in [-0.39, 0.29) is 5.82 Å². The predicted octanol–water partition coefficient (Wildman–Crippen LogP) is 3.35. The molecule has 0 atom stereocenters. The van der Waals surface area contributed by atoms with Gasteiger partial charge >= 0.3 is 0 Å². The Hall–Kier alpha value is -0.900. The van der Waals surface area contributed by atoms with E-state index >= 15 is 0 Å². The summed E-state index contributed by atoms with van der Waals surface area (Å²) in [4.78, 5) is 0. The van der Waals surface area contributed by atoms with Gasteiger partial charge in [0.2, 0.25) is 0 Å². The number of benzene rings is 1. The van der Waals surface area contributed by atoms with E-state index < -0.39 is 0 Å². The second-order valence-corrected chi connectivity index (χ2v) is 5.01. The van der Waals surface area contributed by atoms with Crippen LogP contribution in [0.25, 0.3) is 10.9 Å². The first-order chi connectivity index (χ1) is 7.24. The maximum absolute atomic E-state index is 13.5. The highest BCUT2D eigenvalue weighted by molar-refractivity contribution is 9.10. The summed E-state index contributed by atoms with van der Waals surface area (Å²) in [6, 6.07) is 3.40. The minimum absolute atomic E-state index is 0.207. The van der Waals surface area contributed by atoms with Crippen molar-refractivity contribution in [2.24, 2.45) is 5.92 Å². The van der Waals surface area contributed by atoms with Gasteiger partial charge in [0.05, 0.1) is 17.1 Å². The Morgan fingerprint density at radius 1 is 1.47 bits per heavy atom. The van der Waals surface area contributed by atoms with E-state index in [0.29, 0.717) is 5.39 Å². The molecule has 2 nitrogen and oxygen atoms in total. The molecule has 3 rings (SSSR count).